The highest BCUT2D eigenvalue weighted by molar-refractivity contribution is 6.31. The molecule has 0 unspecified atom stereocenters. The van der Waals surface area contributed by atoms with Gasteiger partial charge in [0, 0.05) is 10.6 Å². The van der Waals surface area contributed by atoms with E-state index in [1.807, 2.05) is 25.1 Å². The summed E-state index contributed by atoms with van der Waals surface area (Å²) in [7, 11) is 0. The molecule has 0 aliphatic rings. The van der Waals surface area contributed by atoms with Gasteiger partial charge in [0.2, 0.25) is 0 Å². The standard InChI is InChI=1S/C17H18ClN3O/c1-10-7-12(9-13(16(10)22)17(2,3)4)21-19-14-6-5-11(18)8-15(14)20-21/h5-9,22H,1-4H3. The van der Waals surface area contributed by atoms with Crippen LogP contribution in [0.25, 0.3) is 16.7 Å². The van der Waals surface area contributed by atoms with Gasteiger partial charge in [-0.1, -0.05) is 32.4 Å². The van der Waals surface area contributed by atoms with E-state index in [-0.39, 0.29) is 5.41 Å². The second kappa shape index (κ2) is 4.99. The van der Waals surface area contributed by atoms with Crippen LogP contribution in [-0.4, -0.2) is 20.1 Å². The van der Waals surface area contributed by atoms with E-state index in [0.717, 1.165) is 27.8 Å². The first-order valence-corrected chi connectivity index (χ1v) is 7.50. The molecule has 0 aliphatic carbocycles. The van der Waals surface area contributed by atoms with Gasteiger partial charge in [0.1, 0.15) is 16.8 Å². The molecule has 0 radical (unpaired) electrons. The minimum Gasteiger partial charge on any atom is -0.507 e. The SMILES string of the molecule is Cc1cc(-n2nc3ccc(Cl)cc3n2)cc(C(C)(C)C)c1O. The van der Waals surface area contributed by atoms with Gasteiger partial charge in [0.05, 0.1) is 5.69 Å². The van der Waals surface area contributed by atoms with Crippen LogP contribution in [0.2, 0.25) is 5.02 Å². The Morgan fingerprint density at radius 3 is 2.41 bits per heavy atom. The van der Waals surface area contributed by atoms with Crippen molar-refractivity contribution in [3.8, 4) is 11.4 Å². The first kappa shape index (κ1) is 14.9. The summed E-state index contributed by atoms with van der Waals surface area (Å²) in [5.41, 5.74) is 3.88. The molecule has 0 saturated heterocycles. The molecule has 1 heterocycles. The van der Waals surface area contributed by atoms with Crippen LogP contribution in [0.5, 0.6) is 5.75 Å². The molecule has 0 atom stereocenters. The largest absolute Gasteiger partial charge is 0.507 e. The van der Waals surface area contributed by atoms with E-state index in [9.17, 15) is 5.11 Å². The van der Waals surface area contributed by atoms with Gasteiger partial charge in [-0.05, 0) is 48.2 Å². The van der Waals surface area contributed by atoms with Crippen LogP contribution < -0.4 is 0 Å². The Labute approximate surface area is 134 Å². The van der Waals surface area contributed by atoms with Crippen molar-refractivity contribution in [1.29, 1.82) is 0 Å². The van der Waals surface area contributed by atoms with Gasteiger partial charge in [-0.25, -0.2) is 0 Å². The normalized spacial score (nSPS) is 12.0. The van der Waals surface area contributed by atoms with Crippen molar-refractivity contribution in [2.75, 3.05) is 0 Å². The molecular formula is C17H18ClN3O. The second-order valence-electron chi connectivity index (χ2n) is 6.53. The Morgan fingerprint density at radius 2 is 1.73 bits per heavy atom. The minimum absolute atomic E-state index is 0.166. The van der Waals surface area contributed by atoms with Crippen molar-refractivity contribution in [2.24, 2.45) is 0 Å². The van der Waals surface area contributed by atoms with E-state index >= 15 is 0 Å². The zero-order valence-corrected chi connectivity index (χ0v) is 13.8. The fraction of sp³-hybridized carbons (Fsp3) is 0.294. The van der Waals surface area contributed by atoms with E-state index in [1.165, 1.54) is 0 Å². The van der Waals surface area contributed by atoms with E-state index in [4.69, 9.17) is 11.6 Å². The molecule has 0 aliphatic heterocycles. The minimum atomic E-state index is -0.166. The van der Waals surface area contributed by atoms with Gasteiger partial charge in [-0.3, -0.25) is 0 Å². The van der Waals surface area contributed by atoms with E-state index in [0.29, 0.717) is 10.8 Å². The highest BCUT2D eigenvalue weighted by atomic mass is 35.5. The molecule has 114 valence electrons. The van der Waals surface area contributed by atoms with Gasteiger partial charge in [-0.2, -0.15) is 4.80 Å². The fourth-order valence-electron chi connectivity index (χ4n) is 2.45. The number of phenols is 1. The number of hydrogen-bond donors (Lipinski definition) is 1. The molecule has 0 amide bonds. The lowest BCUT2D eigenvalue weighted by Gasteiger charge is -2.22. The summed E-state index contributed by atoms with van der Waals surface area (Å²) in [4.78, 5) is 1.59. The number of phenolic OH excluding ortho intramolecular Hbond substituents is 1. The number of rotatable bonds is 1. The fourth-order valence-corrected chi connectivity index (χ4v) is 2.62. The van der Waals surface area contributed by atoms with Crippen LogP contribution in [-0.2, 0) is 5.41 Å². The molecular weight excluding hydrogens is 298 g/mol. The maximum atomic E-state index is 10.3. The predicted molar refractivity (Wildman–Crippen MR) is 89.0 cm³/mol. The van der Waals surface area contributed by atoms with Crippen LogP contribution >= 0.6 is 11.6 Å². The van der Waals surface area contributed by atoms with Crippen molar-refractivity contribution in [2.45, 2.75) is 33.1 Å². The summed E-state index contributed by atoms with van der Waals surface area (Å²) in [5, 5.41) is 19.9. The summed E-state index contributed by atoms with van der Waals surface area (Å²) in [6.07, 6.45) is 0. The van der Waals surface area contributed by atoms with Crippen molar-refractivity contribution in [3.63, 3.8) is 0 Å². The molecule has 3 rings (SSSR count). The number of aryl methyl sites for hydroxylation is 1. The third-order valence-electron chi connectivity index (χ3n) is 3.67. The molecule has 0 bridgehead atoms. The van der Waals surface area contributed by atoms with Crippen molar-refractivity contribution < 1.29 is 5.11 Å². The summed E-state index contributed by atoms with van der Waals surface area (Å²) >= 11 is 5.99. The maximum absolute atomic E-state index is 10.3. The number of halogens is 1. The number of nitrogens with zero attached hydrogens (tertiary/aromatic N) is 3. The first-order chi connectivity index (χ1) is 10.3. The monoisotopic (exact) mass is 315 g/mol. The third-order valence-corrected chi connectivity index (χ3v) is 3.90. The number of aromatic nitrogens is 3. The van der Waals surface area contributed by atoms with Gasteiger partial charge in [0.25, 0.3) is 0 Å². The summed E-state index contributed by atoms with van der Waals surface area (Å²) in [5.74, 6) is 0.330. The number of hydrogen-bond acceptors (Lipinski definition) is 3. The Balaban J connectivity index is 2.20. The summed E-state index contributed by atoms with van der Waals surface area (Å²) < 4.78 is 0. The highest BCUT2D eigenvalue weighted by Gasteiger charge is 2.21. The van der Waals surface area contributed by atoms with Crippen molar-refractivity contribution >= 4 is 22.6 Å². The molecule has 3 aromatic rings. The number of fused-ring (bicyclic) bond motifs is 1. The summed E-state index contributed by atoms with van der Waals surface area (Å²) in [6.45, 7) is 8.09. The van der Waals surface area contributed by atoms with Gasteiger partial charge < -0.3 is 5.11 Å². The molecule has 5 heteroatoms. The van der Waals surface area contributed by atoms with Gasteiger partial charge >= 0.3 is 0 Å². The van der Waals surface area contributed by atoms with Gasteiger partial charge in [-0.15, -0.1) is 10.2 Å². The van der Waals surface area contributed by atoms with Crippen LogP contribution in [0.15, 0.2) is 30.3 Å². The Morgan fingerprint density at radius 1 is 1.05 bits per heavy atom. The Kier molecular flexibility index (Phi) is 3.37. The molecule has 1 aromatic heterocycles. The van der Waals surface area contributed by atoms with E-state index in [2.05, 4.69) is 31.0 Å². The highest BCUT2D eigenvalue weighted by Crippen LogP contribution is 2.35. The van der Waals surface area contributed by atoms with Crippen LogP contribution in [0.4, 0.5) is 0 Å². The topological polar surface area (TPSA) is 50.9 Å². The van der Waals surface area contributed by atoms with Crippen LogP contribution in [0.3, 0.4) is 0 Å². The molecule has 22 heavy (non-hydrogen) atoms. The van der Waals surface area contributed by atoms with Crippen molar-refractivity contribution in [3.05, 3.63) is 46.5 Å². The van der Waals surface area contributed by atoms with Crippen molar-refractivity contribution in [1.82, 2.24) is 15.0 Å². The average molecular weight is 316 g/mol. The molecule has 0 fully saturated rings. The molecule has 0 saturated carbocycles. The first-order valence-electron chi connectivity index (χ1n) is 7.13. The zero-order valence-electron chi connectivity index (χ0n) is 13.1. The lowest BCUT2D eigenvalue weighted by atomic mass is 9.85. The quantitative estimate of drug-likeness (QED) is 0.724. The lowest BCUT2D eigenvalue weighted by Crippen LogP contribution is -2.13. The van der Waals surface area contributed by atoms with Gasteiger partial charge in [0.15, 0.2) is 0 Å². The predicted octanol–water partition coefficient (Wildman–Crippen LogP) is 4.39. The third kappa shape index (κ3) is 2.55. The van der Waals surface area contributed by atoms with E-state index < -0.39 is 0 Å². The summed E-state index contributed by atoms with van der Waals surface area (Å²) in [6, 6.07) is 9.25. The average Bonchev–Trinajstić information content (AvgIpc) is 2.83. The Hall–Kier alpha value is -2.07. The Bertz CT molecular complexity index is 862. The molecule has 4 nitrogen and oxygen atoms in total. The number of benzene rings is 2. The smallest absolute Gasteiger partial charge is 0.122 e. The second-order valence-corrected chi connectivity index (χ2v) is 6.97. The molecule has 2 aromatic carbocycles. The molecule has 1 N–H and O–H groups in total. The van der Waals surface area contributed by atoms with E-state index in [1.54, 1.807) is 16.9 Å². The van der Waals surface area contributed by atoms with Crippen LogP contribution in [0, 0.1) is 6.92 Å². The number of aromatic hydroxyl groups is 1. The maximum Gasteiger partial charge on any atom is 0.122 e. The zero-order chi connectivity index (χ0) is 16.1. The molecule has 0 spiro atoms. The lowest BCUT2D eigenvalue weighted by molar-refractivity contribution is 0.442. The van der Waals surface area contributed by atoms with Crippen LogP contribution in [0.1, 0.15) is 31.9 Å².